The number of aliphatic hydroxyl groups excluding tert-OH is 1. The van der Waals surface area contributed by atoms with Crippen LogP contribution < -0.4 is 12.4 Å². The third kappa shape index (κ3) is 14.6. The maximum atomic E-state index is 10.9. The van der Waals surface area contributed by atoms with E-state index >= 15 is 0 Å². The van der Waals surface area contributed by atoms with Crippen LogP contribution in [0.2, 0.25) is 0 Å². The standard InChI is InChI=1S/C8H8O3.C4H12N.CH4O.ClH/c1-11-8(10)6-4-2-3-5-7(6)9;1-5(2,3)4;1-2;/h2-5,9H,1H3;1-4H3;2H,1H3;1H/q;+1;;/p-1. The van der Waals surface area contributed by atoms with Gasteiger partial charge in [-0.2, -0.15) is 0 Å². The number of aliphatic hydroxyl groups is 1. The Morgan fingerprint density at radius 2 is 1.47 bits per heavy atom. The van der Waals surface area contributed by atoms with Crippen LogP contribution in [0.15, 0.2) is 24.3 Å². The van der Waals surface area contributed by atoms with Gasteiger partial charge in [-0.25, -0.2) is 4.79 Å². The molecule has 0 saturated carbocycles. The lowest BCUT2D eigenvalue weighted by atomic mass is 10.2. The molecule has 0 bridgehead atoms. The van der Waals surface area contributed by atoms with Gasteiger partial charge in [-0.3, -0.25) is 0 Å². The Balaban J connectivity index is -0.000000275. The van der Waals surface area contributed by atoms with Crippen LogP contribution in [0, 0.1) is 0 Å². The quantitative estimate of drug-likeness (QED) is 0.470. The number of phenols is 1. The van der Waals surface area contributed by atoms with Crippen molar-refractivity contribution in [2.75, 3.05) is 42.4 Å². The predicted molar refractivity (Wildman–Crippen MR) is 71.5 cm³/mol. The molecule has 0 aliphatic carbocycles. The summed E-state index contributed by atoms with van der Waals surface area (Å²) in [6, 6.07) is 6.24. The van der Waals surface area contributed by atoms with Crippen LogP contribution in [-0.2, 0) is 4.74 Å². The molecule has 0 heterocycles. The van der Waals surface area contributed by atoms with E-state index in [0.29, 0.717) is 0 Å². The Bertz CT molecular complexity index is 345. The first-order valence-corrected chi connectivity index (χ1v) is 5.35. The molecule has 6 heteroatoms. The number of methoxy groups -OCH3 is 1. The Kier molecular flexibility index (Phi) is 14.2. The van der Waals surface area contributed by atoms with E-state index in [1.165, 1.54) is 19.2 Å². The van der Waals surface area contributed by atoms with Crippen molar-refractivity contribution in [1.29, 1.82) is 0 Å². The molecule has 0 aromatic heterocycles. The molecule has 2 N–H and O–H groups in total. The fourth-order valence-corrected chi connectivity index (χ4v) is 0.756. The lowest BCUT2D eigenvalue weighted by Gasteiger charge is -2.14. The van der Waals surface area contributed by atoms with Crippen LogP contribution in [-0.4, -0.2) is 63.1 Å². The molecular formula is C13H24ClNO4. The number of para-hydroxylation sites is 1. The highest BCUT2D eigenvalue weighted by Gasteiger charge is 2.08. The Labute approximate surface area is 121 Å². The van der Waals surface area contributed by atoms with Gasteiger partial charge >= 0.3 is 5.97 Å². The molecule has 0 spiro atoms. The largest absolute Gasteiger partial charge is 1.00 e. The normalized spacial score (nSPS) is 8.79. The number of nitrogens with zero attached hydrogens (tertiary/aromatic N) is 1. The number of aromatic hydroxyl groups is 1. The number of phenolic OH excluding ortho intramolecular Hbond substituents is 1. The smallest absolute Gasteiger partial charge is 0.341 e. The summed E-state index contributed by atoms with van der Waals surface area (Å²) < 4.78 is 5.42. The number of benzene rings is 1. The zero-order chi connectivity index (χ0) is 14.8. The Morgan fingerprint density at radius 1 is 1.11 bits per heavy atom. The minimum absolute atomic E-state index is 0. The number of ether oxygens (including phenoxy) is 1. The number of rotatable bonds is 1. The van der Waals surface area contributed by atoms with E-state index in [9.17, 15) is 4.79 Å². The third-order valence-electron chi connectivity index (χ3n) is 1.31. The highest BCUT2D eigenvalue weighted by atomic mass is 35.5. The van der Waals surface area contributed by atoms with Gasteiger partial charge in [-0.1, -0.05) is 12.1 Å². The molecule has 0 unspecified atom stereocenters. The monoisotopic (exact) mass is 293 g/mol. The van der Waals surface area contributed by atoms with Crippen molar-refractivity contribution in [3.8, 4) is 5.75 Å². The van der Waals surface area contributed by atoms with Crippen molar-refractivity contribution in [2.24, 2.45) is 0 Å². The van der Waals surface area contributed by atoms with Crippen molar-refractivity contribution in [3.63, 3.8) is 0 Å². The number of carbonyl (C=O) groups is 1. The first-order valence-electron chi connectivity index (χ1n) is 5.35. The van der Waals surface area contributed by atoms with E-state index in [0.717, 1.165) is 11.6 Å². The van der Waals surface area contributed by atoms with Gasteiger partial charge in [0.1, 0.15) is 11.3 Å². The number of hydrogen-bond acceptors (Lipinski definition) is 4. The van der Waals surface area contributed by atoms with Crippen molar-refractivity contribution in [2.45, 2.75) is 0 Å². The number of carbonyl (C=O) groups excluding carboxylic acids is 1. The van der Waals surface area contributed by atoms with Crippen LogP contribution >= 0.6 is 0 Å². The summed E-state index contributed by atoms with van der Waals surface area (Å²) in [5, 5.41) is 16.1. The second-order valence-electron chi connectivity index (χ2n) is 4.69. The number of esters is 1. The molecule has 0 atom stereocenters. The zero-order valence-corrected chi connectivity index (χ0v) is 13.1. The van der Waals surface area contributed by atoms with E-state index < -0.39 is 5.97 Å². The summed E-state index contributed by atoms with van der Waals surface area (Å²) in [4.78, 5) is 10.9. The summed E-state index contributed by atoms with van der Waals surface area (Å²) in [5.41, 5.74) is 0.190. The molecule has 1 aromatic carbocycles. The van der Waals surface area contributed by atoms with Crippen molar-refractivity contribution in [1.82, 2.24) is 0 Å². The fourth-order valence-electron chi connectivity index (χ4n) is 0.756. The number of halogens is 1. The molecule has 0 amide bonds. The molecule has 0 saturated heterocycles. The van der Waals surface area contributed by atoms with Crippen LogP contribution in [0.25, 0.3) is 0 Å². The highest BCUT2D eigenvalue weighted by Crippen LogP contribution is 2.15. The van der Waals surface area contributed by atoms with Gasteiger partial charge in [0.15, 0.2) is 0 Å². The lowest BCUT2D eigenvalue weighted by molar-refractivity contribution is -0.849. The minimum Gasteiger partial charge on any atom is -1.00 e. The summed E-state index contributed by atoms with van der Waals surface area (Å²) in [5.74, 6) is -0.581. The molecule has 19 heavy (non-hydrogen) atoms. The Morgan fingerprint density at radius 3 is 1.79 bits per heavy atom. The minimum atomic E-state index is -0.525. The summed E-state index contributed by atoms with van der Waals surface area (Å²) >= 11 is 0. The Hall–Kier alpha value is -1.30. The molecule has 1 aromatic rings. The molecule has 0 aliphatic rings. The van der Waals surface area contributed by atoms with Gasteiger partial charge in [0.25, 0.3) is 0 Å². The molecule has 0 aliphatic heterocycles. The van der Waals surface area contributed by atoms with Gasteiger partial charge in [0, 0.05) is 7.11 Å². The van der Waals surface area contributed by atoms with Crippen molar-refractivity contribution in [3.05, 3.63) is 29.8 Å². The molecule has 112 valence electrons. The topological polar surface area (TPSA) is 66.8 Å². The first-order chi connectivity index (χ1) is 8.25. The van der Waals surface area contributed by atoms with Gasteiger partial charge in [0.2, 0.25) is 0 Å². The van der Waals surface area contributed by atoms with Gasteiger partial charge < -0.3 is 31.8 Å². The van der Waals surface area contributed by atoms with E-state index in [4.69, 9.17) is 10.2 Å². The van der Waals surface area contributed by atoms with Crippen LogP contribution in [0.3, 0.4) is 0 Å². The number of hydrogen-bond donors (Lipinski definition) is 2. The average molecular weight is 294 g/mol. The van der Waals surface area contributed by atoms with E-state index in [1.54, 1.807) is 12.1 Å². The third-order valence-corrected chi connectivity index (χ3v) is 1.31. The molecule has 1 rings (SSSR count). The van der Waals surface area contributed by atoms with Crippen molar-refractivity contribution >= 4 is 5.97 Å². The molecule has 0 radical (unpaired) electrons. The van der Waals surface area contributed by atoms with Crippen molar-refractivity contribution < 1.29 is 36.6 Å². The second kappa shape index (κ2) is 11.8. The SMILES string of the molecule is CO.COC(=O)c1ccccc1O.C[N+](C)(C)C.[Cl-]. The summed E-state index contributed by atoms with van der Waals surface area (Å²) in [7, 11) is 10.8. The maximum Gasteiger partial charge on any atom is 0.341 e. The predicted octanol–water partition coefficient (Wildman–Crippen LogP) is -1.89. The summed E-state index contributed by atoms with van der Waals surface area (Å²) in [6.07, 6.45) is 0. The molecule has 0 fully saturated rings. The van der Waals surface area contributed by atoms with Crippen LogP contribution in [0.4, 0.5) is 0 Å². The van der Waals surface area contributed by atoms with E-state index in [1.807, 2.05) is 0 Å². The second-order valence-corrected chi connectivity index (χ2v) is 4.69. The average Bonchev–Trinajstić information content (AvgIpc) is 2.29. The zero-order valence-electron chi connectivity index (χ0n) is 12.3. The fraction of sp³-hybridized carbons (Fsp3) is 0.462. The molecule has 5 nitrogen and oxygen atoms in total. The maximum absolute atomic E-state index is 10.9. The highest BCUT2D eigenvalue weighted by molar-refractivity contribution is 5.92. The molecular weight excluding hydrogens is 270 g/mol. The summed E-state index contributed by atoms with van der Waals surface area (Å²) in [6.45, 7) is 0. The van der Waals surface area contributed by atoms with Gasteiger partial charge in [0.05, 0.1) is 35.3 Å². The van der Waals surface area contributed by atoms with Gasteiger partial charge in [-0.15, -0.1) is 0 Å². The van der Waals surface area contributed by atoms with Crippen LogP contribution in [0.5, 0.6) is 5.75 Å². The lowest BCUT2D eigenvalue weighted by Crippen LogP contribution is -3.00. The van der Waals surface area contributed by atoms with Gasteiger partial charge in [-0.05, 0) is 12.1 Å². The van der Waals surface area contributed by atoms with E-state index in [2.05, 4.69) is 32.9 Å². The number of quaternary nitrogens is 1. The van der Waals surface area contributed by atoms with Crippen LogP contribution in [0.1, 0.15) is 10.4 Å². The van der Waals surface area contributed by atoms with E-state index in [-0.39, 0.29) is 23.7 Å². The first kappa shape index (κ1) is 22.8.